The molecule has 0 saturated heterocycles. The third kappa shape index (κ3) is 1.50. The smallest absolute Gasteiger partial charge is 0.259 e. The highest BCUT2D eigenvalue weighted by Crippen LogP contribution is 2.30. The van der Waals surface area contributed by atoms with Crippen LogP contribution in [0.2, 0.25) is 0 Å². The lowest BCUT2D eigenvalue weighted by atomic mass is 10.3. The van der Waals surface area contributed by atoms with Gasteiger partial charge in [0.25, 0.3) is 0 Å². The summed E-state index contributed by atoms with van der Waals surface area (Å²) in [6.07, 6.45) is 0.422. The Morgan fingerprint density at radius 1 is 1.79 bits per heavy atom. The summed E-state index contributed by atoms with van der Waals surface area (Å²) in [4.78, 5) is 12.6. The van der Waals surface area contributed by atoms with Crippen molar-refractivity contribution in [3.05, 3.63) is 26.3 Å². The van der Waals surface area contributed by atoms with Gasteiger partial charge in [-0.1, -0.05) is 6.92 Å². The first-order chi connectivity index (χ1) is 6.61. The van der Waals surface area contributed by atoms with E-state index in [9.17, 15) is 10.1 Å². The summed E-state index contributed by atoms with van der Waals surface area (Å²) in [6.45, 7) is 1.75. The summed E-state index contributed by atoms with van der Waals surface area (Å²) >= 11 is 0. The molecule has 0 aliphatic heterocycles. The van der Waals surface area contributed by atoms with E-state index in [0.717, 1.165) is 0 Å². The Kier molecular flexibility index (Phi) is 2.68. The summed E-state index contributed by atoms with van der Waals surface area (Å²) < 4.78 is 1.21. The molecule has 0 fully saturated rings. The predicted octanol–water partition coefficient (Wildman–Crippen LogP) is 1.83. The molecule has 1 heterocycles. The maximum atomic E-state index is 10.7. The molecule has 0 spiro atoms. The maximum absolute atomic E-state index is 10.7. The number of rotatable bonds is 3. The number of hydrogen-bond acceptors (Lipinski definition) is 4. The molecule has 0 aliphatic rings. The normalized spacial score (nSPS) is 9.57. The van der Waals surface area contributed by atoms with E-state index in [1.165, 1.54) is 11.7 Å². The second-order valence-electron chi connectivity index (χ2n) is 2.54. The van der Waals surface area contributed by atoms with Crippen molar-refractivity contribution < 1.29 is 4.92 Å². The van der Waals surface area contributed by atoms with E-state index >= 15 is 0 Å². The lowest BCUT2D eigenvalue weighted by Crippen LogP contribution is -1.91. The first-order valence-electron chi connectivity index (χ1n) is 3.87. The van der Waals surface area contributed by atoms with Crippen LogP contribution in [0.25, 0.3) is 10.4 Å². The quantitative estimate of drug-likeness (QED) is 0.241. The minimum absolute atomic E-state index is 0.0608. The van der Waals surface area contributed by atoms with Crippen molar-refractivity contribution in [3.63, 3.8) is 0 Å². The van der Waals surface area contributed by atoms with Gasteiger partial charge >= 0.3 is 5.69 Å². The molecule has 0 saturated carbocycles. The average molecular weight is 196 g/mol. The van der Waals surface area contributed by atoms with Crippen LogP contribution in [0.15, 0.2) is 5.11 Å². The van der Waals surface area contributed by atoms with Crippen LogP contribution in [0.5, 0.6) is 0 Å². The number of aromatic nitrogens is 2. The molecule has 0 aliphatic carbocycles. The van der Waals surface area contributed by atoms with Crippen molar-refractivity contribution in [1.29, 1.82) is 0 Å². The largest absolute Gasteiger partial charge is 0.319 e. The van der Waals surface area contributed by atoms with Gasteiger partial charge < -0.3 is 0 Å². The Labute approximate surface area is 78.9 Å². The molecule has 8 heteroatoms. The zero-order valence-corrected chi connectivity index (χ0v) is 7.71. The van der Waals surface area contributed by atoms with Gasteiger partial charge in [-0.3, -0.25) is 14.8 Å². The zero-order valence-electron chi connectivity index (χ0n) is 7.71. The van der Waals surface area contributed by atoms with Gasteiger partial charge in [0.2, 0.25) is 5.82 Å². The van der Waals surface area contributed by atoms with Crippen LogP contribution in [0.1, 0.15) is 12.6 Å². The van der Waals surface area contributed by atoms with Crippen molar-refractivity contribution in [1.82, 2.24) is 9.78 Å². The first-order valence-corrected chi connectivity index (χ1v) is 3.87. The molecule has 0 atom stereocenters. The van der Waals surface area contributed by atoms with Gasteiger partial charge in [0.05, 0.1) is 4.92 Å². The molecular formula is C6H8N6O2. The van der Waals surface area contributed by atoms with Crippen LogP contribution < -0.4 is 0 Å². The summed E-state index contributed by atoms with van der Waals surface area (Å²) in [6, 6.07) is 0. The third-order valence-corrected chi connectivity index (χ3v) is 1.72. The molecule has 1 aromatic rings. The summed E-state index contributed by atoms with van der Waals surface area (Å²) in [5.74, 6) is -0.0608. The fourth-order valence-electron chi connectivity index (χ4n) is 1.14. The Bertz CT molecular complexity index is 416. The van der Waals surface area contributed by atoms with Crippen LogP contribution in [0.3, 0.4) is 0 Å². The molecule has 74 valence electrons. The molecule has 14 heavy (non-hydrogen) atoms. The average Bonchev–Trinajstić information content (AvgIpc) is 2.44. The SMILES string of the molecule is CCc1nn(C)c(N=[N+]=[N-])c1[N+](=O)[O-]. The highest BCUT2D eigenvalue weighted by molar-refractivity contribution is 5.55. The maximum Gasteiger partial charge on any atom is 0.319 e. The summed E-state index contributed by atoms with van der Waals surface area (Å²) in [5.41, 5.74) is 8.33. The third-order valence-electron chi connectivity index (χ3n) is 1.72. The second kappa shape index (κ2) is 3.75. The highest BCUT2D eigenvalue weighted by atomic mass is 16.6. The van der Waals surface area contributed by atoms with Gasteiger partial charge in [-0.05, 0) is 17.1 Å². The second-order valence-corrected chi connectivity index (χ2v) is 2.54. The van der Waals surface area contributed by atoms with Gasteiger partial charge in [0, 0.05) is 12.0 Å². The van der Waals surface area contributed by atoms with Crippen molar-refractivity contribution in [2.24, 2.45) is 12.2 Å². The van der Waals surface area contributed by atoms with E-state index < -0.39 is 4.92 Å². The fourth-order valence-corrected chi connectivity index (χ4v) is 1.14. The standard InChI is InChI=1S/C6H8N6O2/c1-3-4-5(12(13)14)6(8-10-7)11(2)9-4/h3H2,1-2H3. The van der Waals surface area contributed by atoms with E-state index in [4.69, 9.17) is 5.53 Å². The Morgan fingerprint density at radius 2 is 2.43 bits per heavy atom. The molecule has 0 aromatic carbocycles. The Hall–Kier alpha value is -2.08. The molecule has 1 aromatic heterocycles. The topological polar surface area (TPSA) is 110 Å². The van der Waals surface area contributed by atoms with Gasteiger partial charge in [-0.2, -0.15) is 5.10 Å². The molecule has 0 unspecified atom stereocenters. The van der Waals surface area contributed by atoms with E-state index in [1.54, 1.807) is 6.92 Å². The van der Waals surface area contributed by atoms with Gasteiger partial charge in [-0.15, -0.1) is 0 Å². The lowest BCUT2D eigenvalue weighted by molar-refractivity contribution is -0.384. The van der Waals surface area contributed by atoms with Crippen molar-refractivity contribution in [2.75, 3.05) is 0 Å². The molecule has 0 bridgehead atoms. The molecule has 0 radical (unpaired) electrons. The van der Waals surface area contributed by atoms with E-state index in [0.29, 0.717) is 12.1 Å². The Morgan fingerprint density at radius 3 is 2.86 bits per heavy atom. The van der Waals surface area contributed by atoms with Crippen LogP contribution in [-0.2, 0) is 13.5 Å². The number of nitrogens with zero attached hydrogens (tertiary/aromatic N) is 6. The lowest BCUT2D eigenvalue weighted by Gasteiger charge is -1.90. The number of hydrogen-bond donors (Lipinski definition) is 0. The predicted molar refractivity (Wildman–Crippen MR) is 48.0 cm³/mol. The zero-order chi connectivity index (χ0) is 10.7. The van der Waals surface area contributed by atoms with E-state index in [1.807, 2.05) is 0 Å². The number of nitro groups is 1. The van der Waals surface area contributed by atoms with Crippen LogP contribution in [0, 0.1) is 10.1 Å². The fraction of sp³-hybridized carbons (Fsp3) is 0.500. The van der Waals surface area contributed by atoms with E-state index in [-0.39, 0.29) is 11.5 Å². The number of azide groups is 1. The summed E-state index contributed by atoms with van der Waals surface area (Å²) in [7, 11) is 1.50. The Balaban J connectivity index is 3.45. The summed E-state index contributed by atoms with van der Waals surface area (Å²) in [5, 5.41) is 17.8. The van der Waals surface area contributed by atoms with E-state index in [2.05, 4.69) is 15.1 Å². The van der Waals surface area contributed by atoms with Crippen LogP contribution in [-0.4, -0.2) is 14.7 Å². The van der Waals surface area contributed by atoms with Gasteiger partial charge in [-0.25, -0.2) is 0 Å². The van der Waals surface area contributed by atoms with Gasteiger partial charge in [0.15, 0.2) is 0 Å². The number of aryl methyl sites for hydroxylation is 2. The molecule has 8 nitrogen and oxygen atoms in total. The van der Waals surface area contributed by atoms with Crippen LogP contribution >= 0.6 is 0 Å². The molecule has 0 amide bonds. The van der Waals surface area contributed by atoms with Crippen LogP contribution in [0.4, 0.5) is 11.5 Å². The molecular weight excluding hydrogens is 188 g/mol. The minimum Gasteiger partial charge on any atom is -0.259 e. The van der Waals surface area contributed by atoms with Crippen molar-refractivity contribution in [3.8, 4) is 0 Å². The monoisotopic (exact) mass is 196 g/mol. The highest BCUT2D eigenvalue weighted by Gasteiger charge is 2.24. The van der Waals surface area contributed by atoms with Crippen molar-refractivity contribution >= 4 is 11.5 Å². The van der Waals surface area contributed by atoms with Gasteiger partial charge in [0.1, 0.15) is 5.69 Å². The van der Waals surface area contributed by atoms with Crippen molar-refractivity contribution in [2.45, 2.75) is 13.3 Å². The first kappa shape index (κ1) is 10.0. The molecule has 1 rings (SSSR count). The minimum atomic E-state index is -0.587. The molecule has 0 N–H and O–H groups in total.